The van der Waals surface area contributed by atoms with Crippen LogP contribution < -0.4 is 0 Å². The molecule has 1 aromatic heterocycles. The van der Waals surface area contributed by atoms with E-state index in [1.54, 1.807) is 33.9 Å². The lowest BCUT2D eigenvalue weighted by molar-refractivity contribution is -0.156. The Hall–Kier alpha value is -2.31. The van der Waals surface area contributed by atoms with Gasteiger partial charge in [-0.3, -0.25) is 9.59 Å². The summed E-state index contributed by atoms with van der Waals surface area (Å²) in [7, 11) is 1.72. The first-order valence-electron chi connectivity index (χ1n) is 7.01. The monoisotopic (exact) mass is 306 g/mol. The average molecular weight is 306 g/mol. The summed E-state index contributed by atoms with van der Waals surface area (Å²) in [5, 5.41) is 11.1. The Balaban J connectivity index is 2.33. The molecule has 0 saturated heterocycles. The molecule has 0 aliphatic carbocycles. The van der Waals surface area contributed by atoms with Gasteiger partial charge in [0.05, 0.1) is 0 Å². The number of hydrogen-bond acceptors (Lipinski definition) is 6. The summed E-state index contributed by atoms with van der Waals surface area (Å²) >= 11 is 0. The molecule has 0 spiro atoms. The minimum Gasteiger partial charge on any atom is -0.460 e. The van der Waals surface area contributed by atoms with Crippen molar-refractivity contribution >= 4 is 17.3 Å². The third-order valence-corrected chi connectivity index (χ3v) is 2.58. The third kappa shape index (κ3) is 6.43. The second-order valence-corrected chi connectivity index (χ2v) is 5.89. The number of carbonyl (C=O) groups is 2. The Kier molecular flexibility index (Phi) is 6.15. The lowest BCUT2D eigenvalue weighted by Gasteiger charge is -2.19. The van der Waals surface area contributed by atoms with Crippen molar-refractivity contribution < 1.29 is 14.3 Å². The highest BCUT2D eigenvalue weighted by Gasteiger charge is 2.18. The summed E-state index contributed by atoms with van der Waals surface area (Å²) in [6.45, 7) is 9.16. The van der Waals surface area contributed by atoms with Crippen LogP contribution in [0.3, 0.4) is 0 Å². The molecule has 0 unspecified atom stereocenters. The molecule has 7 heteroatoms. The van der Waals surface area contributed by atoms with Crippen molar-refractivity contribution in [2.75, 3.05) is 0 Å². The zero-order valence-electron chi connectivity index (χ0n) is 13.5. The number of nitrogens with zero attached hydrogens (tertiary/aromatic N) is 4. The number of ether oxygens (including phenoxy) is 1. The molecule has 0 aromatic carbocycles. The summed E-state index contributed by atoms with van der Waals surface area (Å²) in [6, 6.07) is 0. The molecule has 1 aromatic rings. The maximum Gasteiger partial charge on any atom is 0.313 e. The number of tetrazole rings is 1. The van der Waals surface area contributed by atoms with E-state index in [1.807, 2.05) is 6.08 Å². The van der Waals surface area contributed by atoms with Gasteiger partial charge in [0.1, 0.15) is 17.8 Å². The molecular formula is C15H22N4O3. The highest BCUT2D eigenvalue weighted by atomic mass is 16.6. The van der Waals surface area contributed by atoms with Gasteiger partial charge in [0, 0.05) is 19.0 Å². The van der Waals surface area contributed by atoms with Gasteiger partial charge in [-0.05, 0) is 37.6 Å². The number of aromatic nitrogens is 4. The fraction of sp³-hybridized carbons (Fsp3) is 0.533. The van der Waals surface area contributed by atoms with Crippen molar-refractivity contribution in [1.29, 1.82) is 0 Å². The van der Waals surface area contributed by atoms with Crippen LogP contribution in [0.5, 0.6) is 0 Å². The van der Waals surface area contributed by atoms with E-state index in [0.717, 1.165) is 0 Å². The highest BCUT2D eigenvalue weighted by molar-refractivity contribution is 5.95. The van der Waals surface area contributed by atoms with Gasteiger partial charge >= 0.3 is 5.97 Å². The fourth-order valence-electron chi connectivity index (χ4n) is 1.67. The second kappa shape index (κ2) is 7.63. The molecule has 0 atom stereocenters. The zero-order chi connectivity index (χ0) is 16.8. The lowest BCUT2D eigenvalue weighted by atomic mass is 10.1. The topological polar surface area (TPSA) is 87.0 Å². The molecule has 0 saturated carbocycles. The fourth-order valence-corrected chi connectivity index (χ4v) is 1.67. The van der Waals surface area contributed by atoms with Gasteiger partial charge in [0.2, 0.25) is 0 Å². The first-order valence-corrected chi connectivity index (χ1v) is 7.01. The van der Waals surface area contributed by atoms with E-state index in [-0.39, 0.29) is 18.6 Å². The third-order valence-electron chi connectivity index (χ3n) is 2.58. The molecule has 22 heavy (non-hydrogen) atoms. The molecule has 0 amide bonds. The molecule has 120 valence electrons. The normalized spacial score (nSPS) is 11.6. The molecule has 1 heterocycles. The standard InChI is InChI=1S/C15H22N4O3/c1-11(14-16-17-18-19(14)5)8-6-7-9-12(20)10-13(21)22-15(2,3)4/h6,8H,1,7,9-10H2,2-5H3. The SMILES string of the molecule is C=C(C=CCCC(=O)CC(=O)OC(C)(C)C)c1nnnn1C. The van der Waals surface area contributed by atoms with Crippen LogP contribution in [0, 0.1) is 0 Å². The molecule has 1 rings (SSSR count). The molecule has 0 aliphatic rings. The first-order chi connectivity index (χ1) is 10.2. The molecular weight excluding hydrogens is 284 g/mol. The highest BCUT2D eigenvalue weighted by Crippen LogP contribution is 2.11. The number of carbonyl (C=O) groups excluding carboxylic acids is 2. The first kappa shape index (κ1) is 17.7. The molecule has 0 N–H and O–H groups in total. The molecule has 0 aliphatic heterocycles. The van der Waals surface area contributed by atoms with Gasteiger partial charge in [0.25, 0.3) is 0 Å². The van der Waals surface area contributed by atoms with E-state index in [2.05, 4.69) is 22.1 Å². The minimum atomic E-state index is -0.570. The van der Waals surface area contributed by atoms with Gasteiger partial charge in [-0.25, -0.2) is 4.68 Å². The summed E-state index contributed by atoms with van der Waals surface area (Å²) in [4.78, 5) is 23.2. The van der Waals surface area contributed by atoms with Crippen molar-refractivity contribution in [3.8, 4) is 0 Å². The minimum absolute atomic E-state index is 0.148. The number of rotatable bonds is 7. The van der Waals surface area contributed by atoms with E-state index in [1.165, 1.54) is 4.68 Å². The van der Waals surface area contributed by atoms with Crippen LogP contribution >= 0.6 is 0 Å². The Bertz CT molecular complexity index is 582. The van der Waals surface area contributed by atoms with Crippen LogP contribution in [0.4, 0.5) is 0 Å². The summed E-state index contributed by atoms with van der Waals surface area (Å²) < 4.78 is 6.61. The Morgan fingerprint density at radius 3 is 2.59 bits per heavy atom. The van der Waals surface area contributed by atoms with Gasteiger partial charge < -0.3 is 4.74 Å². The van der Waals surface area contributed by atoms with Crippen molar-refractivity contribution in [3.05, 3.63) is 24.6 Å². The van der Waals surface area contributed by atoms with E-state index < -0.39 is 11.6 Å². The quantitative estimate of drug-likeness (QED) is 0.434. The number of esters is 1. The molecule has 0 radical (unpaired) electrons. The number of allylic oxidation sites excluding steroid dienone is 3. The predicted molar refractivity (Wildman–Crippen MR) is 81.7 cm³/mol. The van der Waals surface area contributed by atoms with E-state index in [0.29, 0.717) is 17.8 Å². The predicted octanol–water partition coefficient (Wildman–Crippen LogP) is 1.86. The van der Waals surface area contributed by atoms with Crippen molar-refractivity contribution in [2.24, 2.45) is 7.05 Å². The van der Waals surface area contributed by atoms with Crippen LogP contribution in [0.1, 0.15) is 45.9 Å². The van der Waals surface area contributed by atoms with Crippen molar-refractivity contribution in [3.63, 3.8) is 0 Å². The number of hydrogen-bond donors (Lipinski definition) is 0. The average Bonchev–Trinajstić information content (AvgIpc) is 2.78. The maximum atomic E-state index is 11.7. The van der Waals surface area contributed by atoms with Crippen LogP contribution in [0.25, 0.3) is 5.57 Å². The maximum absolute atomic E-state index is 11.7. The second-order valence-electron chi connectivity index (χ2n) is 5.89. The zero-order valence-corrected chi connectivity index (χ0v) is 13.5. The number of Topliss-reactive ketones (excluding diaryl/α,β-unsaturated/α-hetero) is 1. The van der Waals surface area contributed by atoms with Gasteiger partial charge in [-0.15, -0.1) is 5.10 Å². The van der Waals surface area contributed by atoms with E-state index in [4.69, 9.17) is 4.74 Å². The van der Waals surface area contributed by atoms with E-state index >= 15 is 0 Å². The van der Waals surface area contributed by atoms with Gasteiger partial charge in [0.15, 0.2) is 5.82 Å². The van der Waals surface area contributed by atoms with Crippen molar-refractivity contribution in [2.45, 2.75) is 45.6 Å². The largest absolute Gasteiger partial charge is 0.460 e. The van der Waals surface area contributed by atoms with Crippen molar-refractivity contribution in [1.82, 2.24) is 20.2 Å². The number of aryl methyl sites for hydroxylation is 1. The Morgan fingerprint density at radius 2 is 2.05 bits per heavy atom. The smallest absolute Gasteiger partial charge is 0.313 e. The summed E-state index contributed by atoms with van der Waals surface area (Å²) in [6.07, 6.45) is 4.17. The van der Waals surface area contributed by atoms with Gasteiger partial charge in [-0.2, -0.15) is 0 Å². The molecule has 7 nitrogen and oxygen atoms in total. The van der Waals surface area contributed by atoms with Crippen LogP contribution in [0.2, 0.25) is 0 Å². The molecule has 0 fully saturated rings. The molecule has 0 bridgehead atoms. The number of ketones is 1. The van der Waals surface area contributed by atoms with E-state index in [9.17, 15) is 9.59 Å². The Labute approximate surface area is 130 Å². The van der Waals surface area contributed by atoms with Gasteiger partial charge in [-0.1, -0.05) is 18.7 Å². The van der Waals surface area contributed by atoms with Crippen LogP contribution in [0.15, 0.2) is 18.7 Å². The van der Waals surface area contributed by atoms with Crippen LogP contribution in [-0.4, -0.2) is 37.6 Å². The lowest BCUT2D eigenvalue weighted by Crippen LogP contribution is -2.25. The van der Waals surface area contributed by atoms with Crippen LogP contribution in [-0.2, 0) is 21.4 Å². The Morgan fingerprint density at radius 1 is 1.36 bits per heavy atom. The summed E-state index contributed by atoms with van der Waals surface area (Å²) in [5.41, 5.74) is 0.0891. The summed E-state index contributed by atoms with van der Waals surface area (Å²) in [5.74, 6) is -0.0720.